The van der Waals surface area contributed by atoms with Crippen molar-refractivity contribution in [2.24, 2.45) is 0 Å². The minimum atomic E-state index is -0.557. The van der Waals surface area contributed by atoms with Gasteiger partial charge >= 0.3 is 11.9 Å². The number of likely N-dealkylation sites (N-methyl/N-ethyl adjacent to an activating group) is 1. The van der Waals surface area contributed by atoms with Crippen molar-refractivity contribution in [2.45, 2.75) is 43.6 Å². The molecule has 1 fully saturated rings. The highest BCUT2D eigenvalue weighted by molar-refractivity contribution is 7.12. The molecule has 0 spiro atoms. The molecular formula is C26H29NO4S2. The van der Waals surface area contributed by atoms with Crippen molar-refractivity contribution in [2.75, 3.05) is 20.6 Å². The number of benzene rings is 1. The van der Waals surface area contributed by atoms with Crippen molar-refractivity contribution < 1.29 is 19.1 Å². The first kappa shape index (κ1) is 23.7. The SMILES string of the molecule is CN(C)CC(c1ccc(OC(=O)c2cccs2)cc1)C1(OC(=O)c2cccs2)CCCCC1. The number of ether oxygens (including phenoxy) is 2. The Labute approximate surface area is 203 Å². The minimum Gasteiger partial charge on any atom is -0.454 e. The molecule has 174 valence electrons. The summed E-state index contributed by atoms with van der Waals surface area (Å²) in [5, 5.41) is 3.75. The molecule has 5 nitrogen and oxygen atoms in total. The van der Waals surface area contributed by atoms with Crippen LogP contribution >= 0.6 is 22.7 Å². The molecule has 1 aliphatic carbocycles. The molecule has 2 heterocycles. The van der Waals surface area contributed by atoms with Crippen LogP contribution in [-0.2, 0) is 4.74 Å². The number of carbonyl (C=O) groups excluding carboxylic acids is 2. The number of thiophene rings is 2. The molecule has 33 heavy (non-hydrogen) atoms. The van der Waals surface area contributed by atoms with Crippen LogP contribution in [0.25, 0.3) is 0 Å². The largest absolute Gasteiger partial charge is 0.454 e. The van der Waals surface area contributed by atoms with Crippen LogP contribution < -0.4 is 4.74 Å². The van der Waals surface area contributed by atoms with E-state index in [2.05, 4.69) is 4.90 Å². The molecule has 0 bridgehead atoms. The fourth-order valence-electron chi connectivity index (χ4n) is 4.56. The van der Waals surface area contributed by atoms with Gasteiger partial charge < -0.3 is 14.4 Å². The van der Waals surface area contributed by atoms with E-state index in [1.165, 1.54) is 22.7 Å². The van der Waals surface area contributed by atoms with Gasteiger partial charge in [-0.25, -0.2) is 9.59 Å². The molecule has 1 atom stereocenters. The van der Waals surface area contributed by atoms with Crippen LogP contribution in [0, 0.1) is 0 Å². The van der Waals surface area contributed by atoms with Gasteiger partial charge in [-0.2, -0.15) is 0 Å². The molecule has 4 rings (SSSR count). The van der Waals surface area contributed by atoms with Crippen molar-refractivity contribution in [3.8, 4) is 5.75 Å². The van der Waals surface area contributed by atoms with Crippen LogP contribution in [0.5, 0.6) is 5.75 Å². The molecule has 3 aromatic rings. The monoisotopic (exact) mass is 483 g/mol. The molecule has 0 aliphatic heterocycles. The number of hydrogen-bond donors (Lipinski definition) is 0. The van der Waals surface area contributed by atoms with E-state index >= 15 is 0 Å². The standard InChI is InChI=1S/C26H29NO4S2/c1-27(2)18-21(19-10-12-20(13-11-19)30-24(28)22-8-6-16-32-22)26(14-4-3-5-15-26)31-25(29)23-9-7-17-33-23/h6-13,16-17,21H,3-5,14-15,18H2,1-2H3. The van der Waals surface area contributed by atoms with E-state index in [0.717, 1.165) is 44.2 Å². The number of nitrogens with zero attached hydrogens (tertiary/aromatic N) is 1. The topological polar surface area (TPSA) is 55.8 Å². The Balaban J connectivity index is 1.59. The summed E-state index contributed by atoms with van der Waals surface area (Å²) in [5.74, 6) is -0.0684. The molecule has 2 aromatic heterocycles. The van der Waals surface area contributed by atoms with E-state index in [1.54, 1.807) is 6.07 Å². The van der Waals surface area contributed by atoms with Crippen LogP contribution in [0.1, 0.15) is 62.9 Å². The summed E-state index contributed by atoms with van der Waals surface area (Å²) < 4.78 is 11.9. The third kappa shape index (κ3) is 5.72. The van der Waals surface area contributed by atoms with Crippen molar-refractivity contribution in [3.63, 3.8) is 0 Å². The van der Waals surface area contributed by atoms with Gasteiger partial charge in [0.2, 0.25) is 0 Å². The highest BCUT2D eigenvalue weighted by Crippen LogP contribution is 2.44. The molecule has 1 saturated carbocycles. The van der Waals surface area contributed by atoms with Gasteiger partial charge in [0.05, 0.1) is 0 Å². The van der Waals surface area contributed by atoms with E-state index in [0.29, 0.717) is 15.5 Å². The summed E-state index contributed by atoms with van der Waals surface area (Å²) in [6, 6.07) is 15.0. The van der Waals surface area contributed by atoms with Gasteiger partial charge in [0.1, 0.15) is 21.1 Å². The fraction of sp³-hybridized carbons (Fsp3) is 0.385. The lowest BCUT2D eigenvalue weighted by molar-refractivity contribution is -0.0571. The Hall–Kier alpha value is -2.48. The molecule has 1 aliphatic rings. The molecule has 1 unspecified atom stereocenters. The summed E-state index contributed by atoms with van der Waals surface area (Å²) in [6.07, 6.45) is 4.93. The van der Waals surface area contributed by atoms with E-state index < -0.39 is 5.60 Å². The molecular weight excluding hydrogens is 454 g/mol. The number of esters is 2. The quantitative estimate of drug-likeness (QED) is 0.281. The first-order valence-electron chi connectivity index (χ1n) is 11.2. The Kier molecular flexibility index (Phi) is 7.63. The van der Waals surface area contributed by atoms with Gasteiger partial charge in [-0.1, -0.05) is 30.7 Å². The zero-order valence-electron chi connectivity index (χ0n) is 19.0. The van der Waals surface area contributed by atoms with Crippen LogP contribution in [0.4, 0.5) is 0 Å². The zero-order chi connectivity index (χ0) is 23.3. The predicted octanol–water partition coefficient (Wildman–Crippen LogP) is 6.23. The zero-order valence-corrected chi connectivity index (χ0v) is 20.6. The summed E-state index contributed by atoms with van der Waals surface area (Å²) in [6.45, 7) is 0.756. The third-order valence-electron chi connectivity index (χ3n) is 6.12. The lowest BCUT2D eigenvalue weighted by Crippen LogP contribution is -2.46. The summed E-state index contributed by atoms with van der Waals surface area (Å²) in [5.41, 5.74) is 0.527. The van der Waals surface area contributed by atoms with E-state index in [-0.39, 0.29) is 17.9 Å². The van der Waals surface area contributed by atoms with Crippen molar-refractivity contribution in [1.82, 2.24) is 4.90 Å². The van der Waals surface area contributed by atoms with Gasteiger partial charge in [0, 0.05) is 12.5 Å². The van der Waals surface area contributed by atoms with Gasteiger partial charge in [-0.3, -0.25) is 0 Å². The van der Waals surface area contributed by atoms with E-state index in [4.69, 9.17) is 9.47 Å². The average Bonchev–Trinajstić information content (AvgIpc) is 3.53. The lowest BCUT2D eigenvalue weighted by atomic mass is 9.72. The second kappa shape index (κ2) is 10.6. The maximum atomic E-state index is 13.0. The van der Waals surface area contributed by atoms with Crippen LogP contribution in [0.3, 0.4) is 0 Å². The Morgan fingerprint density at radius 1 is 0.909 bits per heavy atom. The molecule has 7 heteroatoms. The van der Waals surface area contributed by atoms with Crippen LogP contribution in [-0.4, -0.2) is 43.1 Å². The van der Waals surface area contributed by atoms with Gasteiger partial charge in [0.15, 0.2) is 0 Å². The highest BCUT2D eigenvalue weighted by atomic mass is 32.1. The molecule has 0 radical (unpaired) electrons. The second-order valence-corrected chi connectivity index (χ2v) is 10.6. The van der Waals surface area contributed by atoms with Crippen LogP contribution in [0.15, 0.2) is 59.3 Å². The highest BCUT2D eigenvalue weighted by Gasteiger charge is 2.44. The third-order valence-corrected chi connectivity index (χ3v) is 7.82. The Morgan fingerprint density at radius 3 is 2.06 bits per heavy atom. The molecule has 1 aromatic carbocycles. The molecule has 0 N–H and O–H groups in total. The smallest absolute Gasteiger partial charge is 0.353 e. The minimum absolute atomic E-state index is 0.0127. The summed E-state index contributed by atoms with van der Waals surface area (Å²) >= 11 is 2.77. The first-order chi connectivity index (χ1) is 16.0. The van der Waals surface area contributed by atoms with Crippen molar-refractivity contribution in [3.05, 3.63) is 74.6 Å². The molecule has 0 amide bonds. The molecule has 0 saturated heterocycles. The Morgan fingerprint density at radius 2 is 1.52 bits per heavy atom. The summed E-state index contributed by atoms with van der Waals surface area (Å²) in [7, 11) is 4.09. The van der Waals surface area contributed by atoms with E-state index in [1.807, 2.05) is 67.3 Å². The average molecular weight is 484 g/mol. The number of rotatable bonds is 8. The van der Waals surface area contributed by atoms with Gasteiger partial charge in [-0.05, 0) is 80.4 Å². The number of carbonyl (C=O) groups is 2. The normalized spacial score (nSPS) is 16.3. The van der Waals surface area contributed by atoms with E-state index in [9.17, 15) is 9.59 Å². The second-order valence-electron chi connectivity index (χ2n) is 8.74. The van der Waals surface area contributed by atoms with Gasteiger partial charge in [0.25, 0.3) is 0 Å². The maximum Gasteiger partial charge on any atom is 0.353 e. The lowest BCUT2D eigenvalue weighted by Gasteiger charge is -2.44. The number of hydrogen-bond acceptors (Lipinski definition) is 7. The Bertz CT molecular complexity index is 1040. The predicted molar refractivity (Wildman–Crippen MR) is 133 cm³/mol. The van der Waals surface area contributed by atoms with Gasteiger partial charge in [-0.15, -0.1) is 22.7 Å². The first-order valence-corrected chi connectivity index (χ1v) is 13.0. The van der Waals surface area contributed by atoms with Crippen molar-refractivity contribution in [1.29, 1.82) is 0 Å². The van der Waals surface area contributed by atoms with Crippen LogP contribution in [0.2, 0.25) is 0 Å². The maximum absolute atomic E-state index is 13.0. The fourth-order valence-corrected chi connectivity index (χ4v) is 5.76. The summed E-state index contributed by atoms with van der Waals surface area (Å²) in [4.78, 5) is 28.7. The van der Waals surface area contributed by atoms with Crippen molar-refractivity contribution >= 4 is 34.6 Å².